The van der Waals surface area contributed by atoms with Gasteiger partial charge in [0.05, 0.1) is 0 Å². The Kier molecular flexibility index (Phi) is 5.12. The van der Waals surface area contributed by atoms with Crippen molar-refractivity contribution < 1.29 is 4.39 Å². The molecule has 0 aliphatic rings. The summed E-state index contributed by atoms with van der Waals surface area (Å²) in [6.45, 7) is 2.23. The summed E-state index contributed by atoms with van der Waals surface area (Å²) in [6.07, 6.45) is 5.29. The summed E-state index contributed by atoms with van der Waals surface area (Å²) in [5.41, 5.74) is 5.16. The lowest BCUT2D eigenvalue weighted by molar-refractivity contribution is 0.664. The Morgan fingerprint density at radius 3 is 2.78 bits per heavy atom. The molecule has 0 aromatic heterocycles. The molecule has 9 heavy (non-hydrogen) atoms. The molecule has 2 N–H and O–H groups in total. The summed E-state index contributed by atoms with van der Waals surface area (Å²) in [7, 11) is 0. The van der Waals surface area contributed by atoms with Crippen LogP contribution in [0.3, 0.4) is 0 Å². The van der Waals surface area contributed by atoms with Gasteiger partial charge in [0.25, 0.3) is 0 Å². The van der Waals surface area contributed by atoms with E-state index in [1.165, 1.54) is 12.2 Å². The Morgan fingerprint density at radius 2 is 2.33 bits per heavy atom. The zero-order valence-corrected chi connectivity index (χ0v) is 5.60. The van der Waals surface area contributed by atoms with Crippen molar-refractivity contribution in [2.24, 2.45) is 5.73 Å². The zero-order chi connectivity index (χ0) is 7.11. The molecule has 0 saturated heterocycles. The molecule has 1 nitrogen and oxygen atoms in total. The summed E-state index contributed by atoms with van der Waals surface area (Å²) in [6, 6.07) is 0. The molecule has 0 radical (unpaired) electrons. The van der Waals surface area contributed by atoms with Gasteiger partial charge in [-0.25, -0.2) is 4.39 Å². The molecule has 52 valence electrons. The van der Waals surface area contributed by atoms with Crippen molar-refractivity contribution in [3.63, 3.8) is 0 Å². The van der Waals surface area contributed by atoms with E-state index < -0.39 is 0 Å². The number of rotatable bonds is 3. The standard InChI is InChI=1S/C7H12FN/c1-2-7(8)5-3-4-6-9/h2-3,5H,4,6,9H2,1H3/b5-3-,7-2+. The number of allylic oxidation sites excluding steroid dienone is 3. The first-order valence-electron chi connectivity index (χ1n) is 2.99. The van der Waals surface area contributed by atoms with Gasteiger partial charge in [-0.15, -0.1) is 0 Å². The molecule has 0 saturated carbocycles. The molecule has 0 aromatic rings. The van der Waals surface area contributed by atoms with Crippen LogP contribution in [0.1, 0.15) is 13.3 Å². The molecule has 0 heterocycles. The minimum atomic E-state index is -0.205. The molecule has 0 rings (SSSR count). The summed E-state index contributed by atoms with van der Waals surface area (Å²) in [4.78, 5) is 0. The second-order valence-electron chi connectivity index (χ2n) is 1.65. The first-order chi connectivity index (χ1) is 4.31. The fraction of sp³-hybridized carbons (Fsp3) is 0.429. The van der Waals surface area contributed by atoms with Crippen molar-refractivity contribution in [2.45, 2.75) is 13.3 Å². The molecule has 0 unspecified atom stereocenters. The highest BCUT2D eigenvalue weighted by atomic mass is 19.1. The lowest BCUT2D eigenvalue weighted by Gasteiger charge is -1.83. The molecule has 0 amide bonds. The second-order valence-corrected chi connectivity index (χ2v) is 1.65. The molecule has 0 aromatic carbocycles. The molecule has 0 aliphatic carbocycles. The third kappa shape index (κ3) is 5.24. The Balaban J connectivity index is 3.45. The average Bonchev–Trinajstić information content (AvgIpc) is 1.89. The van der Waals surface area contributed by atoms with Gasteiger partial charge in [-0.1, -0.05) is 12.2 Å². The minimum absolute atomic E-state index is 0.205. The van der Waals surface area contributed by atoms with Gasteiger partial charge in [-0.05, 0) is 26.0 Å². The van der Waals surface area contributed by atoms with Gasteiger partial charge in [0.15, 0.2) is 0 Å². The van der Waals surface area contributed by atoms with Gasteiger partial charge in [-0.3, -0.25) is 0 Å². The van der Waals surface area contributed by atoms with Crippen molar-refractivity contribution in [3.05, 3.63) is 24.1 Å². The van der Waals surface area contributed by atoms with Crippen LogP contribution < -0.4 is 5.73 Å². The van der Waals surface area contributed by atoms with Crippen LogP contribution in [0.4, 0.5) is 4.39 Å². The van der Waals surface area contributed by atoms with Crippen LogP contribution in [-0.4, -0.2) is 6.54 Å². The Bertz CT molecular complexity index is 116. The van der Waals surface area contributed by atoms with Crippen LogP contribution >= 0.6 is 0 Å². The van der Waals surface area contributed by atoms with E-state index in [2.05, 4.69) is 0 Å². The van der Waals surface area contributed by atoms with Crippen molar-refractivity contribution in [1.82, 2.24) is 0 Å². The molecule has 0 fully saturated rings. The summed E-state index contributed by atoms with van der Waals surface area (Å²) >= 11 is 0. The smallest absolute Gasteiger partial charge is 0.118 e. The number of hydrogen-bond acceptors (Lipinski definition) is 1. The van der Waals surface area contributed by atoms with Crippen LogP contribution in [0.5, 0.6) is 0 Å². The Morgan fingerprint density at radius 1 is 1.67 bits per heavy atom. The van der Waals surface area contributed by atoms with Gasteiger partial charge in [0.1, 0.15) is 5.83 Å². The molecular formula is C7H12FN. The van der Waals surface area contributed by atoms with Gasteiger partial charge in [0, 0.05) is 0 Å². The van der Waals surface area contributed by atoms with Crippen molar-refractivity contribution in [1.29, 1.82) is 0 Å². The predicted octanol–water partition coefficient (Wildman–Crippen LogP) is 1.76. The molecule has 0 bridgehead atoms. The van der Waals surface area contributed by atoms with E-state index in [0.717, 1.165) is 6.42 Å². The lowest BCUT2D eigenvalue weighted by Crippen LogP contribution is -1.94. The van der Waals surface area contributed by atoms with Crippen molar-refractivity contribution in [2.75, 3.05) is 6.54 Å². The van der Waals surface area contributed by atoms with Gasteiger partial charge in [0.2, 0.25) is 0 Å². The summed E-state index contributed by atoms with van der Waals surface area (Å²) < 4.78 is 12.2. The van der Waals surface area contributed by atoms with Crippen LogP contribution in [0.2, 0.25) is 0 Å². The zero-order valence-electron chi connectivity index (χ0n) is 5.60. The van der Waals surface area contributed by atoms with Gasteiger partial charge in [-0.2, -0.15) is 0 Å². The highest BCUT2D eigenvalue weighted by Crippen LogP contribution is 1.97. The van der Waals surface area contributed by atoms with E-state index in [9.17, 15) is 4.39 Å². The van der Waals surface area contributed by atoms with Crippen molar-refractivity contribution >= 4 is 0 Å². The van der Waals surface area contributed by atoms with E-state index in [1.807, 2.05) is 0 Å². The van der Waals surface area contributed by atoms with Crippen LogP contribution in [0, 0.1) is 0 Å². The van der Waals surface area contributed by atoms with E-state index in [-0.39, 0.29) is 5.83 Å². The van der Waals surface area contributed by atoms with E-state index in [1.54, 1.807) is 13.0 Å². The minimum Gasteiger partial charge on any atom is -0.330 e. The van der Waals surface area contributed by atoms with E-state index >= 15 is 0 Å². The lowest BCUT2D eigenvalue weighted by atomic mass is 10.3. The maximum Gasteiger partial charge on any atom is 0.118 e. The highest BCUT2D eigenvalue weighted by Gasteiger charge is 1.79. The maximum atomic E-state index is 12.2. The largest absolute Gasteiger partial charge is 0.330 e. The van der Waals surface area contributed by atoms with Crippen molar-refractivity contribution in [3.8, 4) is 0 Å². The number of nitrogens with two attached hydrogens (primary N) is 1. The summed E-state index contributed by atoms with van der Waals surface area (Å²) in [5, 5.41) is 0. The van der Waals surface area contributed by atoms with E-state index in [4.69, 9.17) is 5.73 Å². The Labute approximate surface area is 55.1 Å². The SMILES string of the molecule is C/C=C(F)\C=C/CCN. The van der Waals surface area contributed by atoms with Crippen LogP contribution in [0.25, 0.3) is 0 Å². The number of halogens is 1. The Hall–Kier alpha value is -0.630. The fourth-order valence-corrected chi connectivity index (χ4v) is 0.388. The third-order valence-electron chi connectivity index (χ3n) is 0.886. The predicted molar refractivity (Wildman–Crippen MR) is 37.7 cm³/mol. The topological polar surface area (TPSA) is 26.0 Å². The molecule has 2 heteroatoms. The molecule has 0 aliphatic heterocycles. The second kappa shape index (κ2) is 5.51. The van der Waals surface area contributed by atoms with Crippen LogP contribution in [-0.2, 0) is 0 Å². The molecular weight excluding hydrogens is 117 g/mol. The summed E-state index contributed by atoms with van der Waals surface area (Å²) in [5.74, 6) is -0.205. The van der Waals surface area contributed by atoms with Gasteiger partial charge < -0.3 is 5.73 Å². The first-order valence-corrected chi connectivity index (χ1v) is 2.99. The van der Waals surface area contributed by atoms with Crippen LogP contribution in [0.15, 0.2) is 24.1 Å². The average molecular weight is 129 g/mol. The van der Waals surface area contributed by atoms with E-state index in [0.29, 0.717) is 6.54 Å². The first kappa shape index (κ1) is 8.37. The monoisotopic (exact) mass is 129 g/mol. The quantitative estimate of drug-likeness (QED) is 0.577. The normalized spacial score (nSPS) is 13.0. The number of hydrogen-bond donors (Lipinski definition) is 1. The fourth-order valence-electron chi connectivity index (χ4n) is 0.388. The maximum absolute atomic E-state index is 12.2. The highest BCUT2D eigenvalue weighted by molar-refractivity contribution is 5.09. The van der Waals surface area contributed by atoms with Gasteiger partial charge >= 0.3 is 0 Å². The molecule has 0 atom stereocenters. The third-order valence-corrected chi connectivity index (χ3v) is 0.886. The molecule has 0 spiro atoms.